The van der Waals surface area contributed by atoms with Gasteiger partial charge >= 0.3 is 11.9 Å². The molecular weight excluding hydrogens is 865 g/mol. The summed E-state index contributed by atoms with van der Waals surface area (Å²) in [6.07, 6.45) is 1.91. The molecule has 4 unspecified atom stereocenters. The molecule has 0 radical (unpaired) electrons. The van der Waals surface area contributed by atoms with Crippen LogP contribution in [0.15, 0.2) is 24.3 Å². The van der Waals surface area contributed by atoms with Crippen molar-refractivity contribution < 1.29 is 38.9 Å². The monoisotopic (exact) mass is 959 g/mol. The normalized spacial score (nSPS) is 23.4. The highest BCUT2D eigenvalue weighted by atomic mass is 16.6. The van der Waals surface area contributed by atoms with Crippen LogP contribution in [0, 0.1) is 5.41 Å². The van der Waals surface area contributed by atoms with Crippen LogP contribution in [0.5, 0.6) is 11.5 Å². The predicted octanol–water partition coefficient (Wildman–Crippen LogP) is 12.8. The van der Waals surface area contributed by atoms with Gasteiger partial charge < -0.3 is 29.5 Å². The number of ether oxygens (including phenoxy) is 2. The van der Waals surface area contributed by atoms with Crippen molar-refractivity contribution in [2.45, 2.75) is 273 Å². The van der Waals surface area contributed by atoms with E-state index >= 15 is 9.59 Å². The molecule has 69 heavy (non-hydrogen) atoms. The molecule has 0 spiro atoms. The molecule has 0 aromatic heterocycles. The number of aromatic hydroxyl groups is 2. The van der Waals surface area contributed by atoms with Crippen LogP contribution in [0.25, 0.3) is 0 Å². The minimum atomic E-state index is -1.99. The van der Waals surface area contributed by atoms with Crippen LogP contribution in [0.4, 0.5) is 0 Å². The van der Waals surface area contributed by atoms with E-state index in [1.807, 2.05) is 159 Å². The first kappa shape index (κ1) is 57.5. The maximum atomic E-state index is 16.2. The Balaban J connectivity index is 2.13. The lowest BCUT2D eigenvalue weighted by atomic mass is 9.71. The minimum absolute atomic E-state index is 0.0361. The number of phenols is 2. The van der Waals surface area contributed by atoms with Gasteiger partial charge in [0, 0.05) is 60.7 Å². The standard InChI is InChI=1S/C59H94N2O8/c1-23-45(62)60-55(17,18)33-39(35-57(60,21)25-3)68-49(66)59(31-37-27-41(51(5,6)7)47(64)42(28-37)52(8,9)10,32-38-29-43(53(11,12)13)48(65)44(30-38)54(14,15)16)50(67)69-40-34-56(19,20)61(46(63)24-2)58(22,26-4)36-40/h27-30,39-40,64-65H,23-26,31-36H2,1-22H3. The highest BCUT2D eigenvalue weighted by molar-refractivity contribution is 6.01. The number of carbonyl (C=O) groups is 4. The number of likely N-dealkylation sites (tertiary alicyclic amines) is 2. The van der Waals surface area contributed by atoms with Gasteiger partial charge in [-0.3, -0.25) is 19.2 Å². The summed E-state index contributed by atoms with van der Waals surface area (Å²) in [5, 5.41) is 23.9. The molecule has 2 fully saturated rings. The molecular formula is C59H94N2O8. The maximum Gasteiger partial charge on any atom is 0.324 e. The fraction of sp³-hybridized carbons (Fsp3) is 0.729. The lowest BCUT2D eigenvalue weighted by molar-refractivity contribution is -0.190. The van der Waals surface area contributed by atoms with Gasteiger partial charge in [0.25, 0.3) is 0 Å². The van der Waals surface area contributed by atoms with Gasteiger partial charge in [0.2, 0.25) is 11.8 Å². The quantitative estimate of drug-likeness (QED) is 0.159. The summed E-state index contributed by atoms with van der Waals surface area (Å²) in [5.41, 5.74) is -2.54. The number of benzene rings is 2. The van der Waals surface area contributed by atoms with Crippen molar-refractivity contribution >= 4 is 23.8 Å². The third-order valence-corrected chi connectivity index (χ3v) is 15.6. The van der Waals surface area contributed by atoms with Crippen molar-refractivity contribution in [3.05, 3.63) is 57.6 Å². The first-order valence-corrected chi connectivity index (χ1v) is 26.0. The Morgan fingerprint density at radius 1 is 0.507 bits per heavy atom. The van der Waals surface area contributed by atoms with Crippen molar-refractivity contribution in [2.24, 2.45) is 5.41 Å². The average Bonchev–Trinajstić information content (AvgIpc) is 3.18. The van der Waals surface area contributed by atoms with E-state index in [4.69, 9.17) is 9.47 Å². The maximum absolute atomic E-state index is 16.2. The van der Waals surface area contributed by atoms with E-state index in [1.165, 1.54) is 0 Å². The van der Waals surface area contributed by atoms with Gasteiger partial charge in [0.1, 0.15) is 23.7 Å². The van der Waals surface area contributed by atoms with Crippen LogP contribution in [0.1, 0.15) is 237 Å². The Kier molecular flexibility index (Phi) is 16.2. The second-order valence-electron chi connectivity index (χ2n) is 26.9. The van der Waals surface area contributed by atoms with E-state index < -0.39 is 73.4 Å². The van der Waals surface area contributed by atoms with Crippen molar-refractivity contribution in [3.63, 3.8) is 0 Å². The van der Waals surface area contributed by atoms with E-state index in [1.54, 1.807) is 0 Å². The number of hydrogen-bond donors (Lipinski definition) is 2. The zero-order valence-corrected chi connectivity index (χ0v) is 47.3. The lowest BCUT2D eigenvalue weighted by Gasteiger charge is -2.56. The first-order valence-electron chi connectivity index (χ1n) is 26.0. The molecule has 0 bridgehead atoms. The molecule has 2 saturated heterocycles. The Morgan fingerprint density at radius 2 is 0.768 bits per heavy atom. The van der Waals surface area contributed by atoms with Crippen molar-refractivity contribution in [1.82, 2.24) is 9.80 Å². The summed E-state index contributed by atoms with van der Waals surface area (Å²) in [7, 11) is 0. The number of esters is 2. The molecule has 2 N–H and O–H groups in total. The van der Waals surface area contributed by atoms with Crippen LogP contribution in [-0.2, 0) is 63.2 Å². The fourth-order valence-corrected chi connectivity index (χ4v) is 12.0. The van der Waals surface area contributed by atoms with Crippen molar-refractivity contribution in [3.8, 4) is 11.5 Å². The Labute approximate surface area is 418 Å². The van der Waals surface area contributed by atoms with Gasteiger partial charge in [-0.25, -0.2) is 0 Å². The summed E-state index contributed by atoms with van der Waals surface area (Å²) in [6.45, 7) is 44.5. The molecule has 10 heteroatoms. The first-order chi connectivity index (χ1) is 31.2. The molecule has 4 atom stereocenters. The number of carbonyl (C=O) groups excluding carboxylic acids is 4. The van der Waals surface area contributed by atoms with Crippen LogP contribution in [0.3, 0.4) is 0 Å². The van der Waals surface area contributed by atoms with E-state index in [0.717, 1.165) is 0 Å². The third kappa shape index (κ3) is 11.8. The van der Waals surface area contributed by atoms with Gasteiger partial charge in [-0.05, 0) is 122 Å². The van der Waals surface area contributed by atoms with Gasteiger partial charge in [-0.1, -0.05) is 135 Å². The zero-order valence-electron chi connectivity index (χ0n) is 47.3. The number of hydrogen-bond acceptors (Lipinski definition) is 8. The second-order valence-corrected chi connectivity index (χ2v) is 26.9. The smallest absolute Gasteiger partial charge is 0.324 e. The van der Waals surface area contributed by atoms with Crippen LogP contribution < -0.4 is 0 Å². The van der Waals surface area contributed by atoms with E-state index in [-0.39, 0.29) is 36.2 Å². The Bertz CT molecular complexity index is 2020. The highest BCUT2D eigenvalue weighted by Crippen LogP contribution is 2.48. The van der Waals surface area contributed by atoms with E-state index in [9.17, 15) is 19.8 Å². The molecule has 388 valence electrons. The SMILES string of the molecule is CCC(=O)N1C(C)(C)CC(OC(=O)C(Cc2cc(C(C)(C)C)c(O)c(C(C)(C)C)c2)(Cc2cc(C(C)(C)C)c(O)c(C(C)(C)C)c2)C(=O)OC2CC(C)(C)N(C(=O)CC)C(C)(CC)C2)CC1(C)CC. The fourth-order valence-electron chi connectivity index (χ4n) is 12.0. The number of amides is 2. The summed E-state index contributed by atoms with van der Waals surface area (Å²) >= 11 is 0. The lowest BCUT2D eigenvalue weighted by Crippen LogP contribution is -2.66. The topological polar surface area (TPSA) is 134 Å². The minimum Gasteiger partial charge on any atom is -0.507 e. The molecule has 4 rings (SSSR count). The zero-order chi connectivity index (χ0) is 53.1. The summed E-state index contributed by atoms with van der Waals surface area (Å²) in [4.78, 5) is 63.7. The molecule has 0 aliphatic carbocycles. The van der Waals surface area contributed by atoms with Gasteiger partial charge in [0.05, 0.1) is 0 Å². The molecule has 10 nitrogen and oxygen atoms in total. The van der Waals surface area contributed by atoms with Crippen molar-refractivity contribution in [2.75, 3.05) is 0 Å². The predicted molar refractivity (Wildman–Crippen MR) is 279 cm³/mol. The molecule has 2 aliphatic rings. The van der Waals surface area contributed by atoms with Crippen molar-refractivity contribution in [1.29, 1.82) is 0 Å². The molecule has 2 aliphatic heterocycles. The average molecular weight is 959 g/mol. The molecule has 2 aromatic rings. The number of nitrogens with zero attached hydrogens (tertiary/aromatic N) is 2. The molecule has 2 heterocycles. The number of phenolic OH excluding ortho intramolecular Hbond substituents is 2. The molecule has 2 amide bonds. The Hall–Kier alpha value is -4.08. The van der Waals surface area contributed by atoms with Crippen LogP contribution >= 0.6 is 0 Å². The van der Waals surface area contributed by atoms with Crippen LogP contribution in [-0.4, -0.2) is 78.1 Å². The molecule has 2 aromatic carbocycles. The number of rotatable bonds is 12. The number of piperidine rings is 2. The summed E-state index contributed by atoms with van der Waals surface area (Å²) in [6, 6.07) is 7.71. The van der Waals surface area contributed by atoms with E-state index in [0.29, 0.717) is 84.7 Å². The largest absolute Gasteiger partial charge is 0.507 e. The van der Waals surface area contributed by atoms with Gasteiger partial charge in [0.15, 0.2) is 5.41 Å². The summed E-state index contributed by atoms with van der Waals surface area (Å²) < 4.78 is 13.8. The van der Waals surface area contributed by atoms with Gasteiger partial charge in [-0.2, -0.15) is 0 Å². The Morgan fingerprint density at radius 3 is 0.986 bits per heavy atom. The summed E-state index contributed by atoms with van der Waals surface area (Å²) in [5.74, 6) is -1.00. The van der Waals surface area contributed by atoms with Gasteiger partial charge in [-0.15, -0.1) is 0 Å². The highest BCUT2D eigenvalue weighted by Gasteiger charge is 2.56. The molecule has 0 saturated carbocycles. The van der Waals surface area contributed by atoms with E-state index in [2.05, 4.69) is 27.7 Å². The van der Waals surface area contributed by atoms with Crippen LogP contribution in [0.2, 0.25) is 0 Å². The second kappa shape index (κ2) is 19.5. The third-order valence-electron chi connectivity index (χ3n) is 15.6.